The highest BCUT2D eigenvalue weighted by atomic mass is 32.3. The fourth-order valence-corrected chi connectivity index (χ4v) is 3.93. The van der Waals surface area contributed by atoms with Crippen LogP contribution in [0.15, 0.2) is 30.6 Å². The molecule has 1 rings (SSSR count). The highest BCUT2D eigenvalue weighted by Crippen LogP contribution is 2.36. The van der Waals surface area contributed by atoms with Crippen LogP contribution in [0.25, 0.3) is 4.13 Å². The lowest BCUT2D eigenvalue weighted by Crippen LogP contribution is -2.32. The van der Waals surface area contributed by atoms with Gasteiger partial charge in [-0.2, -0.15) is 26.3 Å². The van der Waals surface area contributed by atoms with Crippen molar-refractivity contribution in [3.63, 3.8) is 0 Å². The standard InChI is InChI=1S/C15H26N.C2F6NO4S2/c1-2-3-4-5-6-7-8-10-13-16-14-11-9-12-15-16;3-1(4,5)14(10,11)9-15(12,13)2(6,7)8/h9,11-12,14-15H,2-8,10,13H2,1H3;/q+1;-1. The molecule has 1 aromatic rings. The lowest BCUT2D eigenvalue weighted by molar-refractivity contribution is -0.697. The van der Waals surface area contributed by atoms with E-state index < -0.39 is 31.1 Å². The van der Waals surface area contributed by atoms with E-state index in [-0.39, 0.29) is 0 Å². The molecule has 0 aliphatic carbocycles. The molecule has 14 heteroatoms. The minimum Gasteiger partial charge on any atom is -0.421 e. The van der Waals surface area contributed by atoms with Crippen LogP contribution in [0.2, 0.25) is 0 Å². The molecule has 0 bridgehead atoms. The van der Waals surface area contributed by atoms with Gasteiger partial charge < -0.3 is 4.13 Å². The van der Waals surface area contributed by atoms with Crippen molar-refractivity contribution in [3.05, 3.63) is 34.7 Å². The number of halogens is 6. The Morgan fingerprint density at radius 1 is 0.677 bits per heavy atom. The van der Waals surface area contributed by atoms with Gasteiger partial charge in [0.2, 0.25) is 0 Å². The predicted molar refractivity (Wildman–Crippen MR) is 103 cm³/mol. The second-order valence-corrected chi connectivity index (χ2v) is 9.93. The predicted octanol–water partition coefficient (Wildman–Crippen LogP) is 5.17. The maximum absolute atomic E-state index is 11.4. The Balaban J connectivity index is 0.000000582. The Kier molecular flexibility index (Phi) is 12.6. The van der Waals surface area contributed by atoms with Crippen molar-refractivity contribution in [2.75, 3.05) is 0 Å². The minimum atomic E-state index is -6.72. The van der Waals surface area contributed by atoms with Crippen molar-refractivity contribution in [1.82, 2.24) is 0 Å². The summed E-state index contributed by atoms with van der Waals surface area (Å²) < 4.78 is 111. The summed E-state index contributed by atoms with van der Waals surface area (Å²) in [5.41, 5.74) is -12.4. The van der Waals surface area contributed by atoms with E-state index in [9.17, 15) is 43.2 Å². The monoisotopic (exact) mass is 500 g/mol. The number of pyridine rings is 1. The first kappa shape index (κ1) is 29.6. The Morgan fingerprint density at radius 3 is 1.45 bits per heavy atom. The Labute approximate surface area is 178 Å². The van der Waals surface area contributed by atoms with E-state index in [1.807, 2.05) is 0 Å². The van der Waals surface area contributed by atoms with E-state index in [2.05, 4.69) is 42.1 Å². The number of alkyl halides is 6. The number of nitrogens with zero attached hydrogens (tertiary/aromatic N) is 2. The summed E-state index contributed by atoms with van der Waals surface area (Å²) in [6.07, 6.45) is 15.5. The summed E-state index contributed by atoms with van der Waals surface area (Å²) in [4.78, 5) is 0. The summed E-state index contributed by atoms with van der Waals surface area (Å²) in [6, 6.07) is 6.28. The highest BCUT2D eigenvalue weighted by molar-refractivity contribution is 8.13. The van der Waals surface area contributed by atoms with E-state index in [0.29, 0.717) is 0 Å². The maximum Gasteiger partial charge on any atom is 0.480 e. The molecule has 0 aromatic carbocycles. The van der Waals surface area contributed by atoms with Gasteiger partial charge >= 0.3 is 11.0 Å². The number of hydrogen-bond donors (Lipinski definition) is 0. The molecule has 0 aliphatic rings. The van der Waals surface area contributed by atoms with E-state index in [0.717, 1.165) is 4.13 Å². The summed E-state index contributed by atoms with van der Waals surface area (Å²) in [5.74, 6) is 0. The van der Waals surface area contributed by atoms with Crippen LogP contribution in [0.5, 0.6) is 0 Å². The molecule has 6 nitrogen and oxygen atoms in total. The van der Waals surface area contributed by atoms with Crippen LogP contribution in [0.1, 0.15) is 58.3 Å². The maximum atomic E-state index is 11.4. The third-order valence-corrected chi connectivity index (χ3v) is 6.57. The van der Waals surface area contributed by atoms with E-state index >= 15 is 0 Å². The molecule has 0 aliphatic heterocycles. The fraction of sp³-hybridized carbons (Fsp3) is 0.706. The number of sulfonamides is 2. The average Bonchev–Trinajstić information content (AvgIpc) is 2.63. The van der Waals surface area contributed by atoms with Gasteiger partial charge in [-0.1, -0.05) is 51.5 Å². The van der Waals surface area contributed by atoms with Gasteiger partial charge in [0.05, 0.1) is 0 Å². The Morgan fingerprint density at radius 2 is 1.06 bits per heavy atom. The smallest absolute Gasteiger partial charge is 0.421 e. The molecule has 31 heavy (non-hydrogen) atoms. The summed E-state index contributed by atoms with van der Waals surface area (Å²) in [6.45, 7) is 3.45. The largest absolute Gasteiger partial charge is 0.480 e. The zero-order valence-electron chi connectivity index (χ0n) is 16.9. The third-order valence-electron chi connectivity index (χ3n) is 3.83. The fourth-order valence-electron chi connectivity index (χ4n) is 2.23. The molecule has 1 heterocycles. The van der Waals surface area contributed by atoms with Crippen molar-refractivity contribution >= 4 is 20.0 Å². The first-order valence-corrected chi connectivity index (χ1v) is 12.3. The molecular formula is C17H26F6N2O4S2. The van der Waals surface area contributed by atoms with Gasteiger partial charge in [-0.15, -0.1) is 0 Å². The van der Waals surface area contributed by atoms with Crippen molar-refractivity contribution in [2.45, 2.75) is 75.9 Å². The van der Waals surface area contributed by atoms with Crippen LogP contribution < -0.4 is 4.57 Å². The van der Waals surface area contributed by atoms with Crippen molar-refractivity contribution in [3.8, 4) is 0 Å². The summed E-state index contributed by atoms with van der Waals surface area (Å²) >= 11 is 0. The van der Waals surface area contributed by atoms with Crippen LogP contribution in [0.3, 0.4) is 0 Å². The third kappa shape index (κ3) is 12.3. The van der Waals surface area contributed by atoms with Gasteiger partial charge in [-0.3, -0.25) is 0 Å². The average molecular weight is 501 g/mol. The van der Waals surface area contributed by atoms with Crippen LogP contribution >= 0.6 is 0 Å². The topological polar surface area (TPSA) is 86.3 Å². The number of aromatic nitrogens is 1. The molecule has 0 saturated heterocycles. The van der Waals surface area contributed by atoms with Crippen LogP contribution in [0.4, 0.5) is 26.3 Å². The van der Waals surface area contributed by atoms with E-state index in [1.165, 1.54) is 57.9 Å². The van der Waals surface area contributed by atoms with Gasteiger partial charge in [0.1, 0.15) is 6.54 Å². The van der Waals surface area contributed by atoms with Crippen LogP contribution in [-0.4, -0.2) is 27.9 Å². The zero-order chi connectivity index (χ0) is 24.2. The normalized spacial score (nSPS) is 12.9. The first-order chi connectivity index (χ1) is 14.1. The summed E-state index contributed by atoms with van der Waals surface area (Å²) in [7, 11) is -13.4. The lowest BCUT2D eigenvalue weighted by Gasteiger charge is -2.22. The molecule has 0 unspecified atom stereocenters. The number of rotatable bonds is 11. The van der Waals surface area contributed by atoms with Crippen molar-refractivity contribution < 1.29 is 47.7 Å². The van der Waals surface area contributed by atoms with Gasteiger partial charge in [0.25, 0.3) is 0 Å². The van der Waals surface area contributed by atoms with E-state index in [1.54, 1.807) is 0 Å². The zero-order valence-corrected chi connectivity index (χ0v) is 18.5. The second-order valence-electron chi connectivity index (χ2n) is 6.50. The van der Waals surface area contributed by atoms with Gasteiger partial charge in [0, 0.05) is 18.6 Å². The molecule has 0 N–H and O–H groups in total. The molecule has 1 aromatic heterocycles. The Bertz CT molecular complexity index is 784. The number of aryl methyl sites for hydroxylation is 1. The number of unbranched alkanes of at least 4 members (excludes halogenated alkanes) is 7. The van der Waals surface area contributed by atoms with Gasteiger partial charge in [-0.25, -0.2) is 21.4 Å². The SMILES string of the molecule is CCCCCCCCCC[n+]1ccccc1.O=S(=O)([N-]S(=O)(=O)C(F)(F)F)C(F)(F)F. The minimum absolute atomic E-state index is 0.778. The molecule has 0 spiro atoms. The highest BCUT2D eigenvalue weighted by Gasteiger charge is 2.46. The Hall–Kier alpha value is -1.41. The van der Waals surface area contributed by atoms with E-state index in [4.69, 9.17) is 0 Å². The van der Waals surface area contributed by atoms with Crippen LogP contribution in [0, 0.1) is 0 Å². The van der Waals surface area contributed by atoms with Crippen molar-refractivity contribution in [1.29, 1.82) is 0 Å². The van der Waals surface area contributed by atoms with Gasteiger partial charge in [0.15, 0.2) is 32.4 Å². The quantitative estimate of drug-likeness (QED) is 0.238. The molecule has 182 valence electrons. The second kappa shape index (κ2) is 13.2. The number of hydrogen-bond acceptors (Lipinski definition) is 4. The lowest BCUT2D eigenvalue weighted by atomic mass is 10.1. The summed E-state index contributed by atoms with van der Waals surface area (Å²) in [5, 5.41) is 0. The van der Waals surface area contributed by atoms with Gasteiger partial charge in [-0.05, 0) is 6.42 Å². The molecular weight excluding hydrogens is 474 g/mol. The molecule has 0 radical (unpaired) electrons. The van der Waals surface area contributed by atoms with Crippen molar-refractivity contribution in [2.24, 2.45) is 0 Å². The molecule has 0 saturated carbocycles. The molecule has 0 amide bonds. The molecule has 0 fully saturated rings. The first-order valence-electron chi connectivity index (χ1n) is 9.45. The molecule has 0 atom stereocenters. The van der Waals surface area contributed by atoms with Crippen LogP contribution in [-0.2, 0) is 26.6 Å².